The zero-order chi connectivity index (χ0) is 47.7. The Morgan fingerprint density at radius 2 is 0.484 bits per heavy atom. The van der Waals surface area contributed by atoms with Crippen molar-refractivity contribution in [3.8, 4) is 23.0 Å². The highest BCUT2D eigenvalue weighted by molar-refractivity contribution is 7.86. The molecule has 0 heterocycles. The molecule has 0 atom stereocenters. The van der Waals surface area contributed by atoms with Gasteiger partial charge in [-0.3, -0.25) is 0 Å². The quantitative estimate of drug-likeness (QED) is 0.0832. The fourth-order valence-electron chi connectivity index (χ4n) is 6.60. The molecular formula is C36H24O24S4-8. The van der Waals surface area contributed by atoms with E-state index in [9.17, 15) is 91.5 Å². The molecule has 0 saturated carbocycles. The first-order valence-electron chi connectivity index (χ1n) is 17.3. The third-order valence-corrected chi connectivity index (χ3v) is 12.1. The second-order valence-corrected chi connectivity index (χ2v) is 19.0. The summed E-state index contributed by atoms with van der Waals surface area (Å²) in [7, 11) is -22.4. The zero-order valence-electron chi connectivity index (χ0n) is 31.7. The van der Waals surface area contributed by atoms with Crippen LogP contribution in [-0.2, 0) is 85.3 Å². The molecule has 8 bridgehead atoms. The number of carbonyl (C=O) groups is 4. The standard InChI is InChI=1S/C36H32O24S4/c37-29(38)13-57-33-17-1-18-6-26(62(48,49)50)8-20(34(18)58-14-30(39)40)3-22-10-28(64(54,55)56)12-24(36(22)60-16-32(43)44)4-23-11-27(63(51,52)53)9-21(35(23)59-15-31(41)42)2-19(33)7-25(5-17)61(45,46)47/h5-12H,1-4,13-16H2,(H,37,38)(H,39,40)(H,41,42)(H,43,44)(H,45,46,47)(H,48,49,50)(H,51,52,53)(H,54,55,56)/p-8. The van der Waals surface area contributed by atoms with Crippen LogP contribution in [0.15, 0.2) is 68.1 Å². The number of ether oxygens (including phenoxy) is 4. The number of benzene rings is 4. The molecule has 4 aromatic rings. The molecule has 0 saturated heterocycles. The number of carboxylic acids is 4. The van der Waals surface area contributed by atoms with Crippen LogP contribution in [0.2, 0.25) is 0 Å². The van der Waals surface area contributed by atoms with E-state index in [1.165, 1.54) is 0 Å². The Bertz CT molecular complexity index is 2560. The predicted octanol–water partition coefficient (Wildman–Crippen LogP) is -5.51. The number of carbonyl (C=O) groups excluding carboxylic acids is 4. The molecule has 0 aromatic heterocycles. The van der Waals surface area contributed by atoms with Gasteiger partial charge in [0.15, 0.2) is 0 Å². The Morgan fingerprint density at radius 3 is 0.594 bits per heavy atom. The summed E-state index contributed by atoms with van der Waals surface area (Å²) in [5.74, 6) is -10.6. The van der Waals surface area contributed by atoms with Crippen molar-refractivity contribution in [1.29, 1.82) is 0 Å². The van der Waals surface area contributed by atoms with E-state index < -0.39 is 204 Å². The minimum atomic E-state index is -5.59. The van der Waals surface area contributed by atoms with Gasteiger partial charge < -0.3 is 76.8 Å². The van der Waals surface area contributed by atoms with Crippen molar-refractivity contribution in [2.24, 2.45) is 0 Å². The zero-order valence-corrected chi connectivity index (χ0v) is 35.0. The van der Waals surface area contributed by atoms with Crippen LogP contribution in [0.4, 0.5) is 0 Å². The van der Waals surface area contributed by atoms with Gasteiger partial charge in [-0.05, 0) is 48.5 Å². The molecule has 24 nitrogen and oxygen atoms in total. The third-order valence-electron chi connectivity index (χ3n) is 8.88. The van der Waals surface area contributed by atoms with Crippen LogP contribution in [0.25, 0.3) is 0 Å². The maximum atomic E-state index is 12.6. The molecule has 0 N–H and O–H groups in total. The molecule has 0 fully saturated rings. The highest BCUT2D eigenvalue weighted by Gasteiger charge is 2.27. The summed E-state index contributed by atoms with van der Waals surface area (Å²) in [5, 5.41) is 46.7. The molecule has 28 heteroatoms. The fourth-order valence-corrected chi connectivity index (χ4v) is 8.90. The Morgan fingerprint density at radius 1 is 0.344 bits per heavy atom. The van der Waals surface area contributed by atoms with Crippen LogP contribution in [0.1, 0.15) is 44.5 Å². The molecule has 1 aliphatic rings. The van der Waals surface area contributed by atoms with E-state index in [2.05, 4.69) is 0 Å². The van der Waals surface area contributed by atoms with Crippen molar-refractivity contribution >= 4 is 64.3 Å². The summed E-state index contributed by atoms with van der Waals surface area (Å²) in [6.07, 6.45) is -4.06. The minimum absolute atomic E-state index is 0.568. The topological polar surface area (TPSA) is 426 Å². The van der Waals surface area contributed by atoms with Crippen LogP contribution in [-0.4, -0.2) is 102 Å². The van der Waals surface area contributed by atoms with Gasteiger partial charge in [-0.15, -0.1) is 0 Å². The van der Waals surface area contributed by atoms with Gasteiger partial charge in [0.1, 0.15) is 89.9 Å². The Kier molecular flexibility index (Phi) is 14.0. The molecule has 5 rings (SSSR count). The average Bonchev–Trinajstić information content (AvgIpc) is 3.13. The van der Waals surface area contributed by atoms with E-state index >= 15 is 0 Å². The molecule has 0 unspecified atom stereocenters. The molecule has 0 amide bonds. The summed E-state index contributed by atoms with van der Waals surface area (Å²) in [4.78, 5) is 42.2. The van der Waals surface area contributed by atoms with Crippen LogP contribution in [0.3, 0.4) is 0 Å². The van der Waals surface area contributed by atoms with Crippen molar-refractivity contribution in [3.63, 3.8) is 0 Å². The summed E-state index contributed by atoms with van der Waals surface area (Å²) in [5.41, 5.74) is -4.82. The van der Waals surface area contributed by atoms with Gasteiger partial charge in [-0.2, -0.15) is 0 Å². The van der Waals surface area contributed by atoms with E-state index in [-0.39, 0.29) is 0 Å². The maximum absolute atomic E-state index is 12.6. The lowest BCUT2D eigenvalue weighted by Crippen LogP contribution is -2.30. The third kappa shape index (κ3) is 12.0. The first kappa shape index (κ1) is 48.6. The minimum Gasteiger partial charge on any atom is -0.744 e. The predicted molar refractivity (Wildman–Crippen MR) is 191 cm³/mol. The van der Waals surface area contributed by atoms with Gasteiger partial charge >= 0.3 is 0 Å². The molecular weight excluding hydrogens is 945 g/mol. The largest absolute Gasteiger partial charge is 0.744 e. The average molecular weight is 969 g/mol. The number of hydrogen-bond acceptors (Lipinski definition) is 24. The molecule has 4 aromatic carbocycles. The van der Waals surface area contributed by atoms with E-state index in [1.807, 2.05) is 0 Å². The summed E-state index contributed by atoms with van der Waals surface area (Å²) in [6, 6.07) is 4.54. The van der Waals surface area contributed by atoms with Crippen LogP contribution in [0.5, 0.6) is 23.0 Å². The molecule has 344 valence electrons. The number of fused-ring (bicyclic) bond motifs is 8. The van der Waals surface area contributed by atoms with E-state index in [4.69, 9.17) is 18.9 Å². The number of aliphatic carboxylic acids is 4. The van der Waals surface area contributed by atoms with Gasteiger partial charge in [0.2, 0.25) is 0 Å². The lowest BCUT2D eigenvalue weighted by atomic mass is 9.91. The lowest BCUT2D eigenvalue weighted by molar-refractivity contribution is -0.308. The Labute approximate surface area is 361 Å². The van der Waals surface area contributed by atoms with Crippen LogP contribution >= 0.6 is 0 Å². The second-order valence-electron chi connectivity index (χ2n) is 13.4. The van der Waals surface area contributed by atoms with Gasteiger partial charge in [0.25, 0.3) is 0 Å². The SMILES string of the molecule is O=C([O-])COc1c2cc(S(=O)(=O)[O-])cc1Cc1cc(S(=O)(=O)[O-])cc(c1OCC(=O)[O-])Cc1cc(S(=O)(=O)[O-])cc(c1OCC(=O)[O-])Cc1cc(S(=O)(=O)[O-])cc(c1OCC(=O)[O-])C2. The normalized spacial score (nSPS) is 13.1. The first-order valence-corrected chi connectivity index (χ1v) is 22.9. The summed E-state index contributed by atoms with van der Waals surface area (Å²) < 4.78 is 173. The van der Waals surface area contributed by atoms with Crippen LogP contribution in [0, 0.1) is 0 Å². The highest BCUT2D eigenvalue weighted by Crippen LogP contribution is 2.42. The van der Waals surface area contributed by atoms with E-state index in [0.29, 0.717) is 48.5 Å². The van der Waals surface area contributed by atoms with Crippen molar-refractivity contribution in [1.82, 2.24) is 0 Å². The van der Waals surface area contributed by atoms with Crippen molar-refractivity contribution in [3.05, 3.63) is 93.0 Å². The van der Waals surface area contributed by atoms with Crippen molar-refractivity contribution < 1.29 is 110 Å². The van der Waals surface area contributed by atoms with Gasteiger partial charge in [-0.1, -0.05) is 0 Å². The van der Waals surface area contributed by atoms with Gasteiger partial charge in [-0.25, -0.2) is 33.7 Å². The van der Waals surface area contributed by atoms with E-state index in [0.717, 1.165) is 0 Å². The van der Waals surface area contributed by atoms with E-state index in [1.54, 1.807) is 0 Å². The lowest BCUT2D eigenvalue weighted by Gasteiger charge is -2.25. The number of carboxylic acid groups (broad SMARTS) is 4. The molecule has 1 aliphatic carbocycles. The van der Waals surface area contributed by atoms with Crippen LogP contribution < -0.4 is 39.4 Å². The Hall–Kier alpha value is -6.40. The van der Waals surface area contributed by atoms with Crippen molar-refractivity contribution in [2.75, 3.05) is 26.4 Å². The second kappa shape index (κ2) is 18.4. The molecule has 0 spiro atoms. The van der Waals surface area contributed by atoms with Gasteiger partial charge in [0.05, 0.1) is 43.5 Å². The number of rotatable bonds is 16. The summed E-state index contributed by atoms with van der Waals surface area (Å²) >= 11 is 0. The first-order chi connectivity index (χ1) is 29.5. The monoisotopic (exact) mass is 968 g/mol. The molecule has 0 aliphatic heterocycles. The fraction of sp³-hybridized carbons (Fsp3) is 0.222. The molecule has 64 heavy (non-hydrogen) atoms. The van der Waals surface area contributed by atoms with Gasteiger partial charge in [0, 0.05) is 70.2 Å². The smallest absolute Gasteiger partial charge is 0.128 e. The number of hydrogen-bond donors (Lipinski definition) is 0. The maximum Gasteiger partial charge on any atom is 0.128 e. The molecule has 0 radical (unpaired) electrons. The summed E-state index contributed by atoms with van der Waals surface area (Å²) in [6.45, 7) is -5.50. The highest BCUT2D eigenvalue weighted by atomic mass is 32.2. The Balaban J connectivity index is 2.08. The van der Waals surface area contributed by atoms with Crippen molar-refractivity contribution in [2.45, 2.75) is 45.3 Å².